The van der Waals surface area contributed by atoms with E-state index in [4.69, 9.17) is 9.26 Å². The Morgan fingerprint density at radius 1 is 1.48 bits per heavy atom. The fraction of sp³-hybridized carbons (Fsp3) is 0.769. The first-order valence-electron chi connectivity index (χ1n) is 7.22. The Morgan fingerprint density at radius 2 is 2.33 bits per heavy atom. The molecule has 2 aliphatic heterocycles. The number of hydrogen-bond donors (Lipinski definition) is 1. The van der Waals surface area contributed by atoms with Gasteiger partial charge in [0.05, 0.1) is 19.4 Å². The molecule has 0 spiro atoms. The molecule has 21 heavy (non-hydrogen) atoms. The van der Waals surface area contributed by atoms with Crippen molar-refractivity contribution in [2.75, 3.05) is 32.6 Å². The fourth-order valence-electron chi connectivity index (χ4n) is 2.91. The van der Waals surface area contributed by atoms with Crippen LogP contribution >= 0.6 is 0 Å². The third-order valence-electron chi connectivity index (χ3n) is 4.03. The summed E-state index contributed by atoms with van der Waals surface area (Å²) in [5, 5.41) is 4.01. The molecular formula is C13H21N3O4S. The number of fused-ring (bicyclic) bond motifs is 1. The lowest BCUT2D eigenvalue weighted by Crippen LogP contribution is -2.35. The van der Waals surface area contributed by atoms with Crippen molar-refractivity contribution in [1.29, 1.82) is 0 Å². The maximum atomic E-state index is 11.2. The molecular weight excluding hydrogens is 294 g/mol. The molecule has 3 rings (SSSR count). The zero-order chi connectivity index (χ0) is 14.9. The molecule has 0 radical (unpaired) electrons. The first kappa shape index (κ1) is 15.0. The highest BCUT2D eigenvalue weighted by atomic mass is 32.2. The Balaban J connectivity index is 1.64. The quantitative estimate of drug-likeness (QED) is 0.831. The summed E-state index contributed by atoms with van der Waals surface area (Å²) in [7, 11) is -3.22. The highest BCUT2D eigenvalue weighted by molar-refractivity contribution is 7.88. The van der Waals surface area contributed by atoms with E-state index < -0.39 is 10.0 Å². The van der Waals surface area contributed by atoms with Crippen LogP contribution in [0.15, 0.2) is 4.52 Å². The zero-order valence-electron chi connectivity index (χ0n) is 12.2. The van der Waals surface area contributed by atoms with Crippen LogP contribution in [-0.4, -0.2) is 51.0 Å². The van der Waals surface area contributed by atoms with Crippen molar-refractivity contribution in [3.63, 3.8) is 0 Å². The van der Waals surface area contributed by atoms with Crippen molar-refractivity contribution in [3.8, 4) is 0 Å². The molecule has 1 aromatic rings. The van der Waals surface area contributed by atoms with Gasteiger partial charge >= 0.3 is 0 Å². The molecule has 1 unspecified atom stereocenters. The van der Waals surface area contributed by atoms with Gasteiger partial charge in [-0.05, 0) is 12.3 Å². The van der Waals surface area contributed by atoms with E-state index in [2.05, 4.69) is 14.8 Å². The van der Waals surface area contributed by atoms with Gasteiger partial charge < -0.3 is 9.26 Å². The molecule has 0 aliphatic carbocycles. The largest absolute Gasteiger partial charge is 0.381 e. The highest BCUT2D eigenvalue weighted by Gasteiger charge is 2.27. The van der Waals surface area contributed by atoms with E-state index in [1.165, 1.54) is 0 Å². The molecule has 2 aliphatic rings. The average molecular weight is 315 g/mol. The lowest BCUT2D eigenvalue weighted by molar-refractivity contribution is 0.159. The van der Waals surface area contributed by atoms with Crippen LogP contribution < -0.4 is 4.72 Å². The number of ether oxygens (including phenoxy) is 1. The summed E-state index contributed by atoms with van der Waals surface area (Å²) in [5.74, 6) is 1.49. The van der Waals surface area contributed by atoms with E-state index >= 15 is 0 Å². The summed E-state index contributed by atoms with van der Waals surface area (Å²) in [6.07, 6.45) is 3.09. The summed E-state index contributed by atoms with van der Waals surface area (Å²) in [6.45, 7) is 4.64. The van der Waals surface area contributed by atoms with Crippen molar-refractivity contribution in [2.24, 2.45) is 5.92 Å². The van der Waals surface area contributed by atoms with Gasteiger partial charge in [-0.3, -0.25) is 4.90 Å². The minimum absolute atomic E-state index is 0.193. The minimum Gasteiger partial charge on any atom is -0.381 e. The zero-order valence-corrected chi connectivity index (χ0v) is 13.0. The smallest absolute Gasteiger partial charge is 0.209 e. The first-order chi connectivity index (χ1) is 10.0. The Kier molecular flexibility index (Phi) is 4.30. The van der Waals surface area contributed by atoms with Crippen molar-refractivity contribution in [2.45, 2.75) is 25.9 Å². The van der Waals surface area contributed by atoms with Crippen LogP contribution in [0.2, 0.25) is 0 Å². The van der Waals surface area contributed by atoms with E-state index in [0.29, 0.717) is 11.6 Å². The predicted molar refractivity (Wildman–Crippen MR) is 76.1 cm³/mol. The molecule has 0 aromatic carbocycles. The second kappa shape index (κ2) is 6.04. The Bertz CT molecular complexity index is 593. The first-order valence-corrected chi connectivity index (χ1v) is 9.11. The molecule has 7 nitrogen and oxygen atoms in total. The van der Waals surface area contributed by atoms with E-state index in [0.717, 1.165) is 63.3 Å². The third-order valence-corrected chi connectivity index (χ3v) is 4.70. The van der Waals surface area contributed by atoms with Crippen LogP contribution in [0.25, 0.3) is 0 Å². The van der Waals surface area contributed by atoms with Gasteiger partial charge in [-0.2, -0.15) is 0 Å². The van der Waals surface area contributed by atoms with Crippen molar-refractivity contribution in [3.05, 3.63) is 17.0 Å². The molecule has 8 heteroatoms. The molecule has 118 valence electrons. The monoisotopic (exact) mass is 315 g/mol. The molecule has 1 saturated heterocycles. The predicted octanol–water partition coefficient (Wildman–Crippen LogP) is 0.118. The van der Waals surface area contributed by atoms with E-state index in [-0.39, 0.29) is 6.54 Å². The van der Waals surface area contributed by atoms with Gasteiger partial charge in [0, 0.05) is 38.2 Å². The number of aromatic nitrogens is 1. The summed E-state index contributed by atoms with van der Waals surface area (Å²) < 4.78 is 35.6. The van der Waals surface area contributed by atoms with Crippen LogP contribution in [-0.2, 0) is 34.3 Å². The maximum absolute atomic E-state index is 11.2. The van der Waals surface area contributed by atoms with Gasteiger partial charge in [0.1, 0.15) is 11.5 Å². The molecule has 0 amide bonds. The van der Waals surface area contributed by atoms with Gasteiger partial charge in [-0.15, -0.1) is 0 Å². The van der Waals surface area contributed by atoms with Crippen molar-refractivity contribution >= 4 is 10.0 Å². The second-order valence-corrected chi connectivity index (χ2v) is 7.67. The fourth-order valence-corrected chi connectivity index (χ4v) is 3.31. The minimum atomic E-state index is -3.22. The van der Waals surface area contributed by atoms with E-state index in [1.54, 1.807) is 0 Å². The Labute approximate surface area is 124 Å². The average Bonchev–Trinajstić information content (AvgIpc) is 3.05. The van der Waals surface area contributed by atoms with Crippen LogP contribution in [0.1, 0.15) is 23.4 Å². The molecule has 0 bridgehead atoms. The summed E-state index contributed by atoms with van der Waals surface area (Å²) >= 11 is 0. The second-order valence-electron chi connectivity index (χ2n) is 5.84. The molecule has 1 atom stereocenters. The molecule has 1 N–H and O–H groups in total. The lowest BCUT2D eigenvalue weighted by atomic mass is 10.0. The number of nitrogens with one attached hydrogen (secondary N) is 1. The Morgan fingerprint density at radius 3 is 3.05 bits per heavy atom. The highest BCUT2D eigenvalue weighted by Crippen LogP contribution is 2.24. The van der Waals surface area contributed by atoms with Gasteiger partial charge in [0.15, 0.2) is 0 Å². The molecule has 1 fully saturated rings. The normalized spacial score (nSPS) is 23.4. The summed E-state index contributed by atoms with van der Waals surface area (Å²) in [6, 6.07) is 0. The SMILES string of the molecule is CS(=O)(=O)NCc1noc2c1CN(CC1CCOC1)CC2. The van der Waals surface area contributed by atoms with E-state index in [9.17, 15) is 8.42 Å². The third kappa shape index (κ3) is 3.82. The molecule has 0 saturated carbocycles. The van der Waals surface area contributed by atoms with Gasteiger partial charge in [-0.1, -0.05) is 5.16 Å². The lowest BCUT2D eigenvalue weighted by Gasteiger charge is -2.28. The van der Waals surface area contributed by atoms with Crippen molar-refractivity contribution in [1.82, 2.24) is 14.8 Å². The van der Waals surface area contributed by atoms with Gasteiger partial charge in [0.25, 0.3) is 0 Å². The number of nitrogens with zero attached hydrogens (tertiary/aromatic N) is 2. The molecule has 3 heterocycles. The van der Waals surface area contributed by atoms with E-state index in [1.807, 2.05) is 0 Å². The topological polar surface area (TPSA) is 84.7 Å². The van der Waals surface area contributed by atoms with Gasteiger partial charge in [0.2, 0.25) is 10.0 Å². The number of sulfonamides is 1. The van der Waals surface area contributed by atoms with Crippen molar-refractivity contribution < 1.29 is 17.7 Å². The van der Waals surface area contributed by atoms with Gasteiger partial charge in [-0.25, -0.2) is 13.1 Å². The van der Waals surface area contributed by atoms with Crippen LogP contribution in [0.3, 0.4) is 0 Å². The number of hydrogen-bond acceptors (Lipinski definition) is 6. The summed E-state index contributed by atoms with van der Waals surface area (Å²) in [4.78, 5) is 2.38. The van der Waals surface area contributed by atoms with Crippen LogP contribution in [0.4, 0.5) is 0 Å². The summed E-state index contributed by atoms with van der Waals surface area (Å²) in [5.41, 5.74) is 1.74. The standard InChI is InChI=1S/C13H21N3O4S/c1-21(17,18)14-6-12-11-8-16(4-2-13(11)20-15-12)7-10-3-5-19-9-10/h10,14H,2-9H2,1H3. The van der Waals surface area contributed by atoms with Crippen LogP contribution in [0, 0.1) is 5.92 Å². The maximum Gasteiger partial charge on any atom is 0.209 e. The Hall–Kier alpha value is -0.960. The van der Waals surface area contributed by atoms with Crippen LogP contribution in [0.5, 0.6) is 0 Å². The number of rotatable bonds is 5. The molecule has 1 aromatic heterocycles.